The summed E-state index contributed by atoms with van der Waals surface area (Å²) in [6.07, 6.45) is 0. The molecule has 0 aliphatic carbocycles. The molecule has 3 rings (SSSR count). The Labute approximate surface area is 159 Å². The van der Waals surface area contributed by atoms with E-state index in [2.05, 4.69) is 10.3 Å². The second kappa shape index (κ2) is 8.12. The van der Waals surface area contributed by atoms with Crippen LogP contribution in [0.5, 0.6) is 0 Å². The summed E-state index contributed by atoms with van der Waals surface area (Å²) >= 11 is 7.59. The standard InChI is InChI=1S/C19H15ClN2O3S/c1-25-19(24)15-11-26-18(21-15)16(13-9-5-6-10-14(13)20)22-17(23)12-7-3-2-4-8-12/h2-11,16H,1H3,(H,22,23). The number of carbonyl (C=O) groups excluding carboxylic acids is 2. The number of nitrogens with one attached hydrogen (secondary N) is 1. The largest absolute Gasteiger partial charge is 0.464 e. The van der Waals surface area contributed by atoms with Crippen molar-refractivity contribution in [1.29, 1.82) is 0 Å². The Morgan fingerprint density at radius 3 is 2.50 bits per heavy atom. The molecule has 1 unspecified atom stereocenters. The number of thiazole rings is 1. The van der Waals surface area contributed by atoms with E-state index in [1.54, 1.807) is 35.7 Å². The van der Waals surface area contributed by atoms with E-state index < -0.39 is 12.0 Å². The van der Waals surface area contributed by atoms with Gasteiger partial charge in [0, 0.05) is 16.0 Å². The molecule has 0 aliphatic rings. The minimum Gasteiger partial charge on any atom is -0.464 e. The van der Waals surface area contributed by atoms with Crippen LogP contribution in [0.1, 0.15) is 37.5 Å². The molecule has 2 aromatic carbocycles. The molecular weight excluding hydrogens is 372 g/mol. The van der Waals surface area contributed by atoms with Gasteiger partial charge in [0.2, 0.25) is 0 Å². The van der Waals surface area contributed by atoms with Gasteiger partial charge in [0.15, 0.2) is 5.69 Å². The van der Waals surface area contributed by atoms with Crippen LogP contribution in [0, 0.1) is 0 Å². The lowest BCUT2D eigenvalue weighted by molar-refractivity contribution is 0.0594. The van der Waals surface area contributed by atoms with Crippen molar-refractivity contribution in [2.45, 2.75) is 6.04 Å². The van der Waals surface area contributed by atoms with Gasteiger partial charge in [-0.25, -0.2) is 9.78 Å². The van der Waals surface area contributed by atoms with E-state index >= 15 is 0 Å². The molecule has 7 heteroatoms. The van der Waals surface area contributed by atoms with Crippen LogP contribution in [0.3, 0.4) is 0 Å². The maximum atomic E-state index is 12.6. The Hall–Kier alpha value is -2.70. The Morgan fingerprint density at radius 1 is 1.12 bits per heavy atom. The third-order valence-electron chi connectivity index (χ3n) is 3.69. The van der Waals surface area contributed by atoms with Crippen molar-refractivity contribution in [2.75, 3.05) is 7.11 Å². The van der Waals surface area contributed by atoms with Crippen LogP contribution in [0.2, 0.25) is 5.02 Å². The number of rotatable bonds is 5. The number of hydrogen-bond donors (Lipinski definition) is 1. The highest BCUT2D eigenvalue weighted by Gasteiger charge is 2.24. The van der Waals surface area contributed by atoms with Gasteiger partial charge in [0.25, 0.3) is 5.91 Å². The molecule has 0 aliphatic heterocycles. The molecule has 1 amide bonds. The van der Waals surface area contributed by atoms with E-state index in [-0.39, 0.29) is 11.6 Å². The summed E-state index contributed by atoms with van der Waals surface area (Å²) in [6, 6.07) is 15.5. The monoisotopic (exact) mass is 386 g/mol. The number of ether oxygens (including phenoxy) is 1. The minimum absolute atomic E-state index is 0.193. The Kier molecular flexibility index (Phi) is 5.65. The maximum absolute atomic E-state index is 12.6. The number of methoxy groups -OCH3 is 1. The van der Waals surface area contributed by atoms with E-state index in [4.69, 9.17) is 16.3 Å². The van der Waals surface area contributed by atoms with Crippen molar-refractivity contribution in [1.82, 2.24) is 10.3 Å². The predicted molar refractivity (Wildman–Crippen MR) is 101 cm³/mol. The van der Waals surface area contributed by atoms with Crippen LogP contribution in [0.25, 0.3) is 0 Å². The zero-order valence-corrected chi connectivity index (χ0v) is 15.4. The van der Waals surface area contributed by atoms with Crippen LogP contribution in [-0.2, 0) is 4.74 Å². The van der Waals surface area contributed by atoms with Crippen molar-refractivity contribution in [3.8, 4) is 0 Å². The summed E-state index contributed by atoms with van der Waals surface area (Å²) in [7, 11) is 1.30. The first-order chi connectivity index (χ1) is 12.6. The Bertz CT molecular complexity index is 927. The van der Waals surface area contributed by atoms with E-state index in [1.807, 2.05) is 24.3 Å². The van der Waals surface area contributed by atoms with Gasteiger partial charge in [0.1, 0.15) is 11.0 Å². The van der Waals surface area contributed by atoms with Gasteiger partial charge >= 0.3 is 5.97 Å². The average molecular weight is 387 g/mol. The van der Waals surface area contributed by atoms with Crippen molar-refractivity contribution in [2.24, 2.45) is 0 Å². The Balaban J connectivity index is 1.97. The zero-order valence-electron chi connectivity index (χ0n) is 13.8. The fourth-order valence-electron chi connectivity index (χ4n) is 2.40. The molecule has 0 radical (unpaired) electrons. The summed E-state index contributed by atoms with van der Waals surface area (Å²) in [5, 5.41) is 5.59. The molecule has 0 saturated heterocycles. The fourth-order valence-corrected chi connectivity index (χ4v) is 3.50. The van der Waals surface area contributed by atoms with Gasteiger partial charge in [0.05, 0.1) is 7.11 Å². The lowest BCUT2D eigenvalue weighted by atomic mass is 10.1. The van der Waals surface area contributed by atoms with Crippen LogP contribution in [-0.4, -0.2) is 24.0 Å². The molecule has 0 saturated carbocycles. The van der Waals surface area contributed by atoms with E-state index in [0.29, 0.717) is 21.2 Å². The average Bonchev–Trinajstić information content (AvgIpc) is 3.16. The van der Waals surface area contributed by atoms with Gasteiger partial charge in [-0.2, -0.15) is 0 Å². The van der Waals surface area contributed by atoms with Crippen LogP contribution >= 0.6 is 22.9 Å². The van der Waals surface area contributed by atoms with Crippen LogP contribution in [0.4, 0.5) is 0 Å². The molecule has 26 heavy (non-hydrogen) atoms. The molecule has 0 spiro atoms. The number of hydrogen-bond acceptors (Lipinski definition) is 5. The Morgan fingerprint density at radius 2 is 1.81 bits per heavy atom. The number of esters is 1. The topological polar surface area (TPSA) is 68.3 Å². The molecule has 132 valence electrons. The third-order valence-corrected chi connectivity index (χ3v) is 4.94. The van der Waals surface area contributed by atoms with Gasteiger partial charge in [-0.15, -0.1) is 11.3 Å². The van der Waals surface area contributed by atoms with Crippen molar-refractivity contribution in [3.05, 3.63) is 86.8 Å². The lowest BCUT2D eigenvalue weighted by Crippen LogP contribution is -2.29. The number of aromatic nitrogens is 1. The second-order valence-electron chi connectivity index (χ2n) is 5.36. The highest BCUT2D eigenvalue weighted by atomic mass is 35.5. The summed E-state index contributed by atoms with van der Waals surface area (Å²) in [4.78, 5) is 28.7. The quantitative estimate of drug-likeness (QED) is 0.670. The lowest BCUT2D eigenvalue weighted by Gasteiger charge is -2.18. The van der Waals surface area contributed by atoms with E-state index in [9.17, 15) is 9.59 Å². The summed E-state index contributed by atoms with van der Waals surface area (Å²) in [6.45, 7) is 0. The number of benzene rings is 2. The van der Waals surface area contributed by atoms with E-state index in [0.717, 1.165) is 0 Å². The summed E-state index contributed by atoms with van der Waals surface area (Å²) < 4.78 is 4.70. The zero-order chi connectivity index (χ0) is 18.5. The number of halogens is 1. The van der Waals surface area contributed by atoms with Gasteiger partial charge in [-0.05, 0) is 23.8 Å². The van der Waals surface area contributed by atoms with Crippen molar-refractivity contribution < 1.29 is 14.3 Å². The highest BCUT2D eigenvalue weighted by molar-refractivity contribution is 7.10. The van der Waals surface area contributed by atoms with Crippen LogP contribution < -0.4 is 5.32 Å². The predicted octanol–water partition coefficient (Wildman–Crippen LogP) is 4.10. The molecule has 0 fully saturated rings. The van der Waals surface area contributed by atoms with Crippen molar-refractivity contribution >= 4 is 34.8 Å². The van der Waals surface area contributed by atoms with Gasteiger partial charge in [-0.3, -0.25) is 4.79 Å². The molecule has 5 nitrogen and oxygen atoms in total. The molecule has 1 N–H and O–H groups in total. The third kappa shape index (κ3) is 3.92. The van der Waals surface area contributed by atoms with Crippen LogP contribution in [0.15, 0.2) is 60.0 Å². The molecule has 1 atom stereocenters. The van der Waals surface area contributed by atoms with E-state index in [1.165, 1.54) is 18.4 Å². The summed E-state index contributed by atoms with van der Waals surface area (Å²) in [5.74, 6) is -0.787. The molecule has 1 heterocycles. The summed E-state index contributed by atoms with van der Waals surface area (Å²) in [5.41, 5.74) is 1.41. The molecule has 3 aromatic rings. The molecular formula is C19H15ClN2O3S. The first kappa shape index (κ1) is 18.1. The normalized spacial score (nSPS) is 11.6. The van der Waals surface area contributed by atoms with Gasteiger partial charge < -0.3 is 10.1 Å². The fraction of sp³-hybridized carbons (Fsp3) is 0.105. The molecule has 1 aromatic heterocycles. The highest BCUT2D eigenvalue weighted by Crippen LogP contribution is 2.30. The number of carbonyl (C=O) groups is 2. The number of amides is 1. The maximum Gasteiger partial charge on any atom is 0.357 e. The minimum atomic E-state index is -0.584. The molecule has 0 bridgehead atoms. The smallest absolute Gasteiger partial charge is 0.357 e. The van der Waals surface area contributed by atoms with Crippen molar-refractivity contribution in [3.63, 3.8) is 0 Å². The first-order valence-corrected chi connectivity index (χ1v) is 9.00. The SMILES string of the molecule is COC(=O)c1csc(C(NC(=O)c2ccccc2)c2ccccc2Cl)n1. The number of nitrogens with zero attached hydrogens (tertiary/aromatic N) is 1. The first-order valence-electron chi connectivity index (χ1n) is 7.74. The second-order valence-corrected chi connectivity index (χ2v) is 6.65. The van der Waals surface area contributed by atoms with Gasteiger partial charge in [-0.1, -0.05) is 48.0 Å².